The van der Waals surface area contributed by atoms with Gasteiger partial charge in [0.05, 0.1) is 11.5 Å². The molecule has 1 unspecified atom stereocenters. The van der Waals surface area contributed by atoms with Crippen molar-refractivity contribution in [2.45, 2.75) is 19.8 Å². The second kappa shape index (κ2) is 7.21. The maximum atomic E-state index is 12.3. The highest BCUT2D eigenvalue weighted by Gasteiger charge is 2.25. The summed E-state index contributed by atoms with van der Waals surface area (Å²) in [5, 5.41) is 14.8. The van der Waals surface area contributed by atoms with E-state index in [1.165, 1.54) is 17.8 Å². The van der Waals surface area contributed by atoms with Gasteiger partial charge in [0.15, 0.2) is 5.17 Å². The average molecular weight is 348 g/mol. The predicted octanol–water partition coefficient (Wildman–Crippen LogP) is 2.66. The monoisotopic (exact) mass is 348 g/mol. The second-order valence-electron chi connectivity index (χ2n) is 6.14. The summed E-state index contributed by atoms with van der Waals surface area (Å²) in [5.74, 6) is 1.01. The maximum absolute atomic E-state index is 12.3. The molecule has 0 aromatic heterocycles. The molecule has 0 bridgehead atoms. The van der Waals surface area contributed by atoms with E-state index in [-0.39, 0.29) is 17.2 Å². The Hall–Kier alpha value is -2.09. The van der Waals surface area contributed by atoms with Gasteiger partial charge in [0, 0.05) is 30.5 Å². The number of rotatable bonds is 3. The summed E-state index contributed by atoms with van der Waals surface area (Å²) < 4.78 is 0. The molecule has 1 fully saturated rings. The van der Waals surface area contributed by atoms with Crippen LogP contribution in [-0.4, -0.2) is 41.4 Å². The molecule has 1 N–H and O–H groups in total. The van der Waals surface area contributed by atoms with Crippen molar-refractivity contribution in [1.82, 2.24) is 5.32 Å². The number of nitro benzene ring substituents is 1. The third-order valence-electron chi connectivity index (χ3n) is 4.24. The molecule has 1 amide bonds. The molecule has 1 saturated heterocycles. The molecule has 0 saturated carbocycles. The van der Waals surface area contributed by atoms with Gasteiger partial charge in [-0.25, -0.2) is 0 Å². The number of nitrogens with one attached hydrogen (secondary N) is 1. The van der Waals surface area contributed by atoms with Crippen LogP contribution in [0.2, 0.25) is 0 Å². The minimum absolute atomic E-state index is 0.0160. The van der Waals surface area contributed by atoms with Gasteiger partial charge in [0.1, 0.15) is 5.69 Å². The molecule has 1 atom stereocenters. The lowest BCUT2D eigenvalue weighted by molar-refractivity contribution is -0.384. The summed E-state index contributed by atoms with van der Waals surface area (Å²) in [6.07, 6.45) is 2.17. The molecule has 0 radical (unpaired) electrons. The number of carbonyl (C=O) groups is 1. The number of anilines is 1. The van der Waals surface area contributed by atoms with Crippen molar-refractivity contribution in [3.05, 3.63) is 33.9 Å². The number of nitrogens with zero attached hydrogens (tertiary/aromatic N) is 3. The highest BCUT2D eigenvalue weighted by Crippen LogP contribution is 2.32. The second-order valence-corrected chi connectivity index (χ2v) is 7.23. The molecule has 0 spiro atoms. The summed E-state index contributed by atoms with van der Waals surface area (Å²) in [4.78, 5) is 29.6. The van der Waals surface area contributed by atoms with E-state index >= 15 is 0 Å². The summed E-state index contributed by atoms with van der Waals surface area (Å²) >= 11 is 1.48. The third kappa shape index (κ3) is 3.69. The van der Waals surface area contributed by atoms with E-state index in [1.807, 2.05) is 4.90 Å². The van der Waals surface area contributed by atoms with E-state index in [0.717, 1.165) is 31.7 Å². The number of thioether (sulfide) groups is 1. The smallest absolute Gasteiger partial charge is 0.293 e. The normalized spacial score (nSPS) is 20.6. The Morgan fingerprint density at radius 2 is 2.33 bits per heavy atom. The van der Waals surface area contributed by atoms with Crippen molar-refractivity contribution in [3.63, 3.8) is 0 Å². The molecule has 8 heteroatoms. The first-order chi connectivity index (χ1) is 11.5. The van der Waals surface area contributed by atoms with Crippen LogP contribution >= 0.6 is 11.8 Å². The van der Waals surface area contributed by atoms with Crippen LogP contribution in [0.3, 0.4) is 0 Å². The molecule has 7 nitrogen and oxygen atoms in total. The van der Waals surface area contributed by atoms with Crippen molar-refractivity contribution in [1.29, 1.82) is 0 Å². The van der Waals surface area contributed by atoms with E-state index in [9.17, 15) is 14.9 Å². The zero-order valence-corrected chi connectivity index (χ0v) is 14.3. The van der Waals surface area contributed by atoms with Crippen LogP contribution in [0.1, 0.15) is 30.1 Å². The fourth-order valence-electron chi connectivity index (χ4n) is 3.07. The van der Waals surface area contributed by atoms with Crippen molar-refractivity contribution in [2.75, 3.05) is 30.3 Å². The van der Waals surface area contributed by atoms with Gasteiger partial charge in [0.2, 0.25) is 0 Å². The van der Waals surface area contributed by atoms with Gasteiger partial charge in [-0.1, -0.05) is 18.7 Å². The van der Waals surface area contributed by atoms with E-state index in [1.54, 1.807) is 12.1 Å². The molecule has 1 aromatic carbocycles. The Kier molecular flexibility index (Phi) is 5.03. The van der Waals surface area contributed by atoms with Gasteiger partial charge >= 0.3 is 0 Å². The molecule has 2 aliphatic rings. The number of benzene rings is 1. The van der Waals surface area contributed by atoms with Crippen molar-refractivity contribution < 1.29 is 9.72 Å². The van der Waals surface area contributed by atoms with Crippen LogP contribution in [0.15, 0.2) is 23.2 Å². The number of hydrogen-bond donors (Lipinski definition) is 1. The Morgan fingerprint density at radius 3 is 3.00 bits per heavy atom. The zero-order valence-electron chi connectivity index (χ0n) is 13.5. The standard InChI is InChI=1S/C16H20N4O3S/c1-11-3-2-7-19(10-11)13-5-4-12(9-14(13)20(22)23)15(21)18-16-17-6-8-24-16/h4-5,9,11H,2-3,6-8,10H2,1H3,(H,17,18,21). The first kappa shape index (κ1) is 16.8. The summed E-state index contributed by atoms with van der Waals surface area (Å²) in [6, 6.07) is 4.70. The van der Waals surface area contributed by atoms with E-state index in [2.05, 4.69) is 17.2 Å². The lowest BCUT2D eigenvalue weighted by Gasteiger charge is -2.32. The molecule has 2 aliphatic heterocycles. The first-order valence-corrected chi connectivity index (χ1v) is 9.05. The van der Waals surface area contributed by atoms with Gasteiger partial charge in [-0.3, -0.25) is 19.9 Å². The Balaban J connectivity index is 1.84. The molecular formula is C16H20N4O3S. The molecule has 128 valence electrons. The van der Waals surface area contributed by atoms with Gasteiger partial charge in [0.25, 0.3) is 11.6 Å². The molecule has 0 aliphatic carbocycles. The molecule has 3 rings (SSSR count). The number of aliphatic imine (C=N–C) groups is 1. The van der Waals surface area contributed by atoms with Crippen molar-refractivity contribution in [3.8, 4) is 0 Å². The van der Waals surface area contributed by atoms with E-state index < -0.39 is 4.92 Å². The van der Waals surface area contributed by atoms with Gasteiger partial charge in [-0.15, -0.1) is 0 Å². The lowest BCUT2D eigenvalue weighted by atomic mass is 9.99. The van der Waals surface area contributed by atoms with Crippen LogP contribution < -0.4 is 10.2 Å². The molecule has 1 aromatic rings. The number of amidine groups is 1. The Bertz CT molecular complexity index is 692. The minimum atomic E-state index is -0.410. The topological polar surface area (TPSA) is 87.8 Å². The average Bonchev–Trinajstić information content (AvgIpc) is 3.07. The number of nitro groups is 1. The van der Waals surface area contributed by atoms with Crippen molar-refractivity contribution in [2.24, 2.45) is 10.9 Å². The lowest BCUT2D eigenvalue weighted by Crippen LogP contribution is -2.34. The van der Waals surface area contributed by atoms with Crippen molar-refractivity contribution >= 4 is 34.2 Å². The summed E-state index contributed by atoms with van der Waals surface area (Å²) in [5.41, 5.74) is 0.860. The molecule has 2 heterocycles. The van der Waals surface area contributed by atoms with Gasteiger partial charge in [-0.05, 0) is 30.9 Å². The quantitative estimate of drug-likeness (QED) is 0.670. The maximum Gasteiger partial charge on any atom is 0.293 e. The summed E-state index contributed by atoms with van der Waals surface area (Å²) in [7, 11) is 0. The fraction of sp³-hybridized carbons (Fsp3) is 0.500. The molecular weight excluding hydrogens is 328 g/mol. The van der Waals surface area contributed by atoms with Crippen LogP contribution in [0.4, 0.5) is 11.4 Å². The van der Waals surface area contributed by atoms with E-state index in [0.29, 0.717) is 23.3 Å². The fourth-order valence-corrected chi connectivity index (χ4v) is 3.79. The highest BCUT2D eigenvalue weighted by molar-refractivity contribution is 8.14. The predicted molar refractivity (Wildman–Crippen MR) is 95.9 cm³/mol. The van der Waals surface area contributed by atoms with E-state index in [4.69, 9.17) is 0 Å². The van der Waals surface area contributed by atoms with Crippen LogP contribution in [-0.2, 0) is 0 Å². The minimum Gasteiger partial charge on any atom is -0.366 e. The van der Waals surface area contributed by atoms with Gasteiger partial charge < -0.3 is 10.2 Å². The summed E-state index contributed by atoms with van der Waals surface area (Å²) in [6.45, 7) is 4.45. The van der Waals surface area contributed by atoms with Gasteiger partial charge in [-0.2, -0.15) is 0 Å². The Morgan fingerprint density at radius 1 is 1.50 bits per heavy atom. The largest absolute Gasteiger partial charge is 0.366 e. The number of hydrogen-bond acceptors (Lipinski definition) is 6. The number of carbonyl (C=O) groups excluding carboxylic acids is 1. The molecule has 24 heavy (non-hydrogen) atoms. The van der Waals surface area contributed by atoms with Crippen LogP contribution in [0, 0.1) is 16.0 Å². The SMILES string of the molecule is CC1CCCN(c2ccc(C(=O)NC3=NCCS3)cc2[N+](=O)[O-])C1. The highest BCUT2D eigenvalue weighted by atomic mass is 32.2. The first-order valence-electron chi connectivity index (χ1n) is 8.06. The Labute approximate surface area is 144 Å². The van der Waals surface area contributed by atoms with Crippen LogP contribution in [0.5, 0.6) is 0 Å². The number of piperidine rings is 1. The third-order valence-corrected chi connectivity index (χ3v) is 5.13. The van der Waals surface area contributed by atoms with Crippen LogP contribution in [0.25, 0.3) is 0 Å². The zero-order chi connectivity index (χ0) is 17.1. The number of amides is 1.